The largest absolute Gasteiger partial charge is 0.337 e. The molecule has 1 N–H and O–H groups in total. The van der Waals surface area contributed by atoms with E-state index in [1.165, 1.54) is 46.2 Å². The van der Waals surface area contributed by atoms with E-state index in [9.17, 15) is 18.8 Å². The normalized spacial score (nSPS) is 13.1. The smallest absolute Gasteiger partial charge is 0.324 e. The number of hydrogen-bond acceptors (Lipinski definition) is 4. The second-order valence-electron chi connectivity index (χ2n) is 8.06. The molecule has 0 atom stereocenters. The molecule has 0 radical (unpaired) electrons. The lowest BCUT2D eigenvalue weighted by Gasteiger charge is -2.14. The predicted octanol–water partition coefficient (Wildman–Crippen LogP) is 5.18. The van der Waals surface area contributed by atoms with Crippen LogP contribution in [0, 0.1) is 5.82 Å². The SMILES string of the molecule is O=C(Cn1c(=O)n(-c2ccc(Cl)c(Cl)c2)c(=O)c2c3c(sc21)CCCC3)Nc1cccc(F)c1. The van der Waals surface area contributed by atoms with E-state index in [0.717, 1.165) is 40.7 Å². The third kappa shape index (κ3) is 4.06. The van der Waals surface area contributed by atoms with Crippen molar-refractivity contribution in [3.8, 4) is 5.69 Å². The second kappa shape index (κ2) is 9.02. The van der Waals surface area contributed by atoms with Crippen LogP contribution in [0.3, 0.4) is 0 Å². The number of nitrogens with one attached hydrogen (secondary N) is 1. The number of fused-ring (bicyclic) bond motifs is 3. The fourth-order valence-corrected chi connectivity index (χ4v) is 5.93. The highest BCUT2D eigenvalue weighted by Crippen LogP contribution is 2.34. The van der Waals surface area contributed by atoms with Crippen molar-refractivity contribution in [3.05, 3.63) is 89.6 Å². The van der Waals surface area contributed by atoms with Gasteiger partial charge in [-0.2, -0.15) is 0 Å². The van der Waals surface area contributed by atoms with Gasteiger partial charge in [-0.25, -0.2) is 13.8 Å². The molecule has 2 aromatic heterocycles. The zero-order chi connectivity index (χ0) is 24.0. The molecule has 0 bridgehead atoms. The van der Waals surface area contributed by atoms with Crippen molar-refractivity contribution in [3.63, 3.8) is 0 Å². The van der Waals surface area contributed by atoms with Gasteiger partial charge in [0.05, 0.1) is 21.1 Å². The lowest BCUT2D eigenvalue weighted by atomic mass is 9.97. The van der Waals surface area contributed by atoms with Crippen LogP contribution >= 0.6 is 34.5 Å². The fraction of sp³-hybridized carbons (Fsp3) is 0.208. The van der Waals surface area contributed by atoms with E-state index in [-0.39, 0.29) is 22.9 Å². The Kier molecular flexibility index (Phi) is 6.06. The highest BCUT2D eigenvalue weighted by molar-refractivity contribution is 7.18. The van der Waals surface area contributed by atoms with Crippen molar-refractivity contribution in [2.45, 2.75) is 32.2 Å². The van der Waals surface area contributed by atoms with Gasteiger partial charge in [-0.15, -0.1) is 11.3 Å². The third-order valence-corrected chi connectivity index (χ3v) is 7.86. The van der Waals surface area contributed by atoms with Gasteiger partial charge in [0.25, 0.3) is 5.56 Å². The Hall–Kier alpha value is -2.94. The molecular weight excluding hydrogens is 500 g/mol. The highest BCUT2D eigenvalue weighted by Gasteiger charge is 2.25. The van der Waals surface area contributed by atoms with E-state index < -0.39 is 23.0 Å². The topological polar surface area (TPSA) is 73.1 Å². The Morgan fingerprint density at radius 1 is 1.06 bits per heavy atom. The van der Waals surface area contributed by atoms with Gasteiger partial charge >= 0.3 is 5.69 Å². The molecule has 4 aromatic rings. The molecule has 0 saturated heterocycles. The summed E-state index contributed by atoms with van der Waals surface area (Å²) >= 11 is 13.6. The molecule has 0 aliphatic heterocycles. The van der Waals surface area contributed by atoms with Gasteiger partial charge in [0.2, 0.25) is 5.91 Å². The first-order valence-electron chi connectivity index (χ1n) is 10.6. The van der Waals surface area contributed by atoms with Crippen molar-refractivity contribution < 1.29 is 9.18 Å². The fourth-order valence-electron chi connectivity index (χ4n) is 4.27. The van der Waals surface area contributed by atoms with Gasteiger partial charge in [-0.3, -0.25) is 14.2 Å². The molecule has 10 heteroatoms. The number of benzene rings is 2. The Bertz CT molecular complexity index is 1570. The van der Waals surface area contributed by atoms with E-state index in [4.69, 9.17) is 23.2 Å². The van der Waals surface area contributed by atoms with Gasteiger partial charge in [0.15, 0.2) is 0 Å². The van der Waals surface area contributed by atoms with Gasteiger partial charge in [0, 0.05) is 10.6 Å². The summed E-state index contributed by atoms with van der Waals surface area (Å²) in [5, 5.41) is 3.56. The van der Waals surface area contributed by atoms with E-state index in [2.05, 4.69) is 5.32 Å². The van der Waals surface area contributed by atoms with Crippen LogP contribution in [0.25, 0.3) is 15.9 Å². The van der Waals surface area contributed by atoms with Crippen molar-refractivity contribution in [1.29, 1.82) is 0 Å². The Morgan fingerprint density at radius 2 is 1.85 bits per heavy atom. The number of nitrogens with zero attached hydrogens (tertiary/aromatic N) is 2. The summed E-state index contributed by atoms with van der Waals surface area (Å²) in [6.45, 7) is -0.340. The first-order valence-corrected chi connectivity index (χ1v) is 12.2. The summed E-state index contributed by atoms with van der Waals surface area (Å²) in [5.41, 5.74) is 0.367. The predicted molar refractivity (Wildman–Crippen MR) is 133 cm³/mol. The maximum absolute atomic E-state index is 13.6. The minimum Gasteiger partial charge on any atom is -0.324 e. The minimum absolute atomic E-state index is 0.202. The van der Waals surface area contributed by atoms with E-state index in [1.807, 2.05) is 0 Å². The Morgan fingerprint density at radius 3 is 2.62 bits per heavy atom. The van der Waals surface area contributed by atoms with Crippen molar-refractivity contribution in [2.75, 3.05) is 5.32 Å². The van der Waals surface area contributed by atoms with Crippen LogP contribution in [0.4, 0.5) is 10.1 Å². The number of carbonyl (C=O) groups is 1. The molecule has 0 unspecified atom stereocenters. The lowest BCUT2D eigenvalue weighted by Crippen LogP contribution is -2.40. The molecule has 6 nitrogen and oxygen atoms in total. The van der Waals surface area contributed by atoms with Crippen LogP contribution in [0.5, 0.6) is 0 Å². The van der Waals surface area contributed by atoms with Gasteiger partial charge in [0.1, 0.15) is 17.2 Å². The van der Waals surface area contributed by atoms with Crippen molar-refractivity contribution in [1.82, 2.24) is 9.13 Å². The molecular formula is C24H18Cl2FN3O3S. The van der Waals surface area contributed by atoms with E-state index >= 15 is 0 Å². The first-order chi connectivity index (χ1) is 16.3. The second-order valence-corrected chi connectivity index (χ2v) is 9.96. The molecule has 174 valence electrons. The average molecular weight is 518 g/mol. The molecule has 0 fully saturated rings. The number of anilines is 1. The van der Waals surface area contributed by atoms with Crippen LogP contribution in [-0.4, -0.2) is 15.0 Å². The summed E-state index contributed by atoms with van der Waals surface area (Å²) in [4.78, 5) is 41.5. The molecule has 2 heterocycles. The third-order valence-electron chi connectivity index (χ3n) is 5.81. The number of amides is 1. The molecule has 5 rings (SSSR count). The minimum atomic E-state index is -0.663. The number of rotatable bonds is 4. The summed E-state index contributed by atoms with van der Waals surface area (Å²) in [5.74, 6) is -1.00. The molecule has 1 aliphatic carbocycles. The van der Waals surface area contributed by atoms with Gasteiger partial charge in [-0.05, 0) is 67.6 Å². The molecule has 1 aliphatic rings. The maximum Gasteiger partial charge on any atom is 0.337 e. The first kappa shape index (κ1) is 22.8. The van der Waals surface area contributed by atoms with Crippen LogP contribution in [0.15, 0.2) is 52.1 Å². The van der Waals surface area contributed by atoms with Crippen molar-refractivity contribution in [2.24, 2.45) is 0 Å². The standard InChI is InChI=1S/C24H18Cl2FN3O3S/c25-17-9-8-15(11-18(17)26)30-22(32)21-16-6-1-2-7-19(16)34-23(21)29(24(30)33)12-20(31)28-14-5-3-4-13(27)10-14/h3-5,8-11H,1-2,6-7,12H2,(H,28,31). The number of aromatic nitrogens is 2. The zero-order valence-corrected chi connectivity index (χ0v) is 20.1. The monoisotopic (exact) mass is 517 g/mol. The summed E-state index contributed by atoms with van der Waals surface area (Å²) in [6, 6.07) is 10.0. The Balaban J connectivity index is 1.69. The zero-order valence-electron chi connectivity index (χ0n) is 17.7. The molecule has 34 heavy (non-hydrogen) atoms. The maximum atomic E-state index is 13.6. The quantitative estimate of drug-likeness (QED) is 0.405. The molecule has 0 spiro atoms. The number of halogens is 3. The van der Waals surface area contributed by atoms with Gasteiger partial charge in [-0.1, -0.05) is 29.3 Å². The molecule has 2 aromatic carbocycles. The molecule has 0 saturated carbocycles. The number of aryl methyl sites for hydroxylation is 2. The summed E-state index contributed by atoms with van der Waals surface area (Å²) < 4.78 is 15.9. The van der Waals surface area contributed by atoms with Crippen LogP contribution < -0.4 is 16.6 Å². The summed E-state index contributed by atoms with van der Waals surface area (Å²) in [6.07, 6.45) is 3.51. The van der Waals surface area contributed by atoms with E-state index in [1.54, 1.807) is 12.1 Å². The number of hydrogen-bond donors (Lipinski definition) is 1. The number of carbonyl (C=O) groups excluding carboxylic acids is 1. The van der Waals surface area contributed by atoms with Crippen LogP contribution in [0.2, 0.25) is 10.0 Å². The van der Waals surface area contributed by atoms with Crippen LogP contribution in [-0.2, 0) is 24.2 Å². The summed E-state index contributed by atoms with van der Waals surface area (Å²) in [7, 11) is 0. The Labute approximate surface area is 207 Å². The van der Waals surface area contributed by atoms with Crippen LogP contribution in [0.1, 0.15) is 23.3 Å². The highest BCUT2D eigenvalue weighted by atomic mass is 35.5. The average Bonchev–Trinajstić information content (AvgIpc) is 3.19. The lowest BCUT2D eigenvalue weighted by molar-refractivity contribution is -0.116. The van der Waals surface area contributed by atoms with E-state index in [0.29, 0.717) is 15.2 Å². The molecule has 1 amide bonds. The number of thiophene rings is 1. The van der Waals surface area contributed by atoms with Crippen molar-refractivity contribution >= 4 is 56.3 Å². The van der Waals surface area contributed by atoms with Gasteiger partial charge < -0.3 is 5.32 Å².